The van der Waals surface area contributed by atoms with Gasteiger partial charge in [-0.15, -0.1) is 11.3 Å². The van der Waals surface area contributed by atoms with Crippen LogP contribution in [0.5, 0.6) is 0 Å². The molecular formula is C17H13Cl2N3O3S2. The first-order valence-corrected chi connectivity index (χ1v) is 10.7. The van der Waals surface area contributed by atoms with Gasteiger partial charge in [0.1, 0.15) is 0 Å². The van der Waals surface area contributed by atoms with Crippen LogP contribution in [-0.2, 0) is 10.0 Å². The number of sulfonamides is 1. The van der Waals surface area contributed by atoms with Crippen molar-refractivity contribution in [2.75, 3.05) is 12.4 Å². The molecule has 1 heterocycles. The molecule has 2 aromatic carbocycles. The number of carbonyl (C=O) groups excluding carboxylic acids is 1. The van der Waals surface area contributed by atoms with Crippen molar-refractivity contribution in [3.05, 3.63) is 63.5 Å². The van der Waals surface area contributed by atoms with Gasteiger partial charge in [0, 0.05) is 16.0 Å². The number of benzene rings is 2. The van der Waals surface area contributed by atoms with Gasteiger partial charge in [0.15, 0.2) is 5.13 Å². The van der Waals surface area contributed by atoms with Gasteiger partial charge >= 0.3 is 0 Å². The van der Waals surface area contributed by atoms with E-state index >= 15 is 0 Å². The molecule has 1 amide bonds. The Kier molecular flexibility index (Phi) is 5.83. The standard InChI is InChI=1S/C17H13Cl2N3O3S2/c1-20-27(24,25)10-6-7-14(19)12(8-10)16(23)22-17-21-15(9-26-17)11-4-2-3-5-13(11)18/h2-9,20H,1H3,(H,21,22,23). The zero-order chi connectivity index (χ0) is 19.6. The van der Waals surface area contributed by atoms with Crippen molar-refractivity contribution in [1.82, 2.24) is 9.71 Å². The molecule has 0 spiro atoms. The van der Waals surface area contributed by atoms with E-state index in [0.717, 1.165) is 5.56 Å². The molecule has 2 N–H and O–H groups in total. The molecule has 0 atom stereocenters. The van der Waals surface area contributed by atoms with Crippen molar-refractivity contribution in [3.8, 4) is 11.3 Å². The number of hydrogen-bond acceptors (Lipinski definition) is 5. The third kappa shape index (κ3) is 4.31. The van der Waals surface area contributed by atoms with Crippen LogP contribution >= 0.6 is 34.5 Å². The summed E-state index contributed by atoms with van der Waals surface area (Å²) < 4.78 is 26.1. The number of nitrogens with zero attached hydrogens (tertiary/aromatic N) is 1. The summed E-state index contributed by atoms with van der Waals surface area (Å²) in [6, 6.07) is 11.1. The summed E-state index contributed by atoms with van der Waals surface area (Å²) >= 11 is 13.4. The lowest BCUT2D eigenvalue weighted by Gasteiger charge is -2.07. The fraction of sp³-hybridized carbons (Fsp3) is 0.0588. The fourth-order valence-corrected chi connectivity index (χ4v) is 4.15. The molecule has 27 heavy (non-hydrogen) atoms. The van der Waals surface area contributed by atoms with Gasteiger partial charge in [0.05, 0.1) is 21.2 Å². The number of hydrogen-bond donors (Lipinski definition) is 2. The number of rotatable bonds is 5. The average molecular weight is 442 g/mol. The van der Waals surface area contributed by atoms with E-state index in [4.69, 9.17) is 23.2 Å². The molecule has 140 valence electrons. The highest BCUT2D eigenvalue weighted by molar-refractivity contribution is 7.89. The molecule has 0 saturated carbocycles. The highest BCUT2D eigenvalue weighted by Gasteiger charge is 2.18. The lowest BCUT2D eigenvalue weighted by molar-refractivity contribution is 0.102. The number of aromatic nitrogens is 1. The van der Waals surface area contributed by atoms with Crippen LogP contribution in [0.2, 0.25) is 10.0 Å². The Balaban J connectivity index is 1.87. The van der Waals surface area contributed by atoms with Crippen molar-refractivity contribution < 1.29 is 13.2 Å². The van der Waals surface area contributed by atoms with E-state index < -0.39 is 15.9 Å². The summed E-state index contributed by atoms with van der Waals surface area (Å²) in [7, 11) is -2.41. The molecule has 3 rings (SSSR count). The zero-order valence-corrected chi connectivity index (χ0v) is 17.0. The van der Waals surface area contributed by atoms with E-state index in [2.05, 4.69) is 15.0 Å². The van der Waals surface area contributed by atoms with Crippen LogP contribution in [0.1, 0.15) is 10.4 Å². The van der Waals surface area contributed by atoms with E-state index in [-0.39, 0.29) is 15.5 Å². The Bertz CT molecular complexity index is 1110. The fourth-order valence-electron chi connectivity index (χ4n) is 2.25. The van der Waals surface area contributed by atoms with E-state index in [1.165, 1.54) is 36.6 Å². The highest BCUT2D eigenvalue weighted by atomic mass is 35.5. The highest BCUT2D eigenvalue weighted by Crippen LogP contribution is 2.30. The lowest BCUT2D eigenvalue weighted by atomic mass is 10.2. The topological polar surface area (TPSA) is 88.2 Å². The number of thiazole rings is 1. The molecule has 0 fully saturated rings. The summed E-state index contributed by atoms with van der Waals surface area (Å²) in [5, 5.41) is 5.42. The van der Waals surface area contributed by atoms with E-state index in [9.17, 15) is 13.2 Å². The Labute approximate surface area is 170 Å². The monoisotopic (exact) mass is 441 g/mol. The maximum Gasteiger partial charge on any atom is 0.259 e. The molecule has 6 nitrogen and oxygen atoms in total. The van der Waals surface area contributed by atoms with Crippen LogP contribution < -0.4 is 10.0 Å². The van der Waals surface area contributed by atoms with Crippen LogP contribution in [-0.4, -0.2) is 26.4 Å². The van der Waals surface area contributed by atoms with Gasteiger partial charge in [0.25, 0.3) is 5.91 Å². The Morgan fingerprint density at radius 2 is 1.85 bits per heavy atom. The second-order valence-electron chi connectivity index (χ2n) is 5.32. The van der Waals surface area contributed by atoms with Gasteiger partial charge in [-0.2, -0.15) is 0 Å². The molecule has 3 aromatic rings. The molecule has 0 aliphatic heterocycles. The quantitative estimate of drug-likeness (QED) is 0.618. The third-order valence-corrected chi connectivity index (χ3v) is 6.46. The van der Waals surface area contributed by atoms with Gasteiger partial charge in [-0.05, 0) is 31.3 Å². The normalized spacial score (nSPS) is 11.4. The predicted molar refractivity (Wildman–Crippen MR) is 108 cm³/mol. The van der Waals surface area contributed by atoms with Crippen LogP contribution in [0.15, 0.2) is 52.7 Å². The maximum absolute atomic E-state index is 12.5. The zero-order valence-electron chi connectivity index (χ0n) is 13.9. The Morgan fingerprint density at radius 1 is 1.11 bits per heavy atom. The van der Waals surface area contributed by atoms with Gasteiger partial charge in [-0.25, -0.2) is 18.1 Å². The van der Waals surface area contributed by atoms with E-state index in [1.54, 1.807) is 11.4 Å². The smallest absolute Gasteiger partial charge is 0.259 e. The van der Waals surface area contributed by atoms with E-state index in [1.807, 2.05) is 18.2 Å². The molecule has 0 bridgehead atoms. The second kappa shape index (κ2) is 7.95. The predicted octanol–water partition coefficient (Wildman–Crippen LogP) is 4.28. The van der Waals surface area contributed by atoms with Crippen molar-refractivity contribution >= 4 is 55.6 Å². The lowest BCUT2D eigenvalue weighted by Crippen LogP contribution is -2.20. The van der Waals surface area contributed by atoms with Crippen molar-refractivity contribution in [1.29, 1.82) is 0 Å². The molecule has 10 heteroatoms. The van der Waals surface area contributed by atoms with Gasteiger partial charge in [-0.1, -0.05) is 41.4 Å². The minimum absolute atomic E-state index is 0.0301. The molecule has 0 radical (unpaired) electrons. The van der Waals surface area contributed by atoms with Crippen LogP contribution in [0.4, 0.5) is 5.13 Å². The van der Waals surface area contributed by atoms with Crippen LogP contribution in [0, 0.1) is 0 Å². The maximum atomic E-state index is 12.5. The second-order valence-corrected chi connectivity index (χ2v) is 8.88. The molecule has 0 saturated heterocycles. The molecule has 0 unspecified atom stereocenters. The first kappa shape index (κ1) is 19.8. The van der Waals surface area contributed by atoms with Crippen molar-refractivity contribution in [2.45, 2.75) is 4.90 Å². The average Bonchev–Trinajstić information content (AvgIpc) is 3.10. The van der Waals surface area contributed by atoms with Gasteiger partial charge < -0.3 is 0 Å². The number of amides is 1. The minimum Gasteiger partial charge on any atom is -0.298 e. The number of anilines is 1. The summed E-state index contributed by atoms with van der Waals surface area (Å²) in [6.07, 6.45) is 0. The van der Waals surface area contributed by atoms with Gasteiger partial charge in [0.2, 0.25) is 10.0 Å². The van der Waals surface area contributed by atoms with Crippen LogP contribution in [0.3, 0.4) is 0 Å². The Morgan fingerprint density at radius 3 is 2.56 bits per heavy atom. The summed E-state index contributed by atoms with van der Waals surface area (Å²) in [5.74, 6) is -0.562. The minimum atomic E-state index is -3.70. The first-order chi connectivity index (χ1) is 12.8. The van der Waals surface area contributed by atoms with Crippen LogP contribution in [0.25, 0.3) is 11.3 Å². The number of carbonyl (C=O) groups is 1. The summed E-state index contributed by atoms with van der Waals surface area (Å²) in [4.78, 5) is 16.8. The summed E-state index contributed by atoms with van der Waals surface area (Å²) in [6.45, 7) is 0. The molecule has 0 aliphatic carbocycles. The SMILES string of the molecule is CNS(=O)(=O)c1ccc(Cl)c(C(=O)Nc2nc(-c3ccccc3Cl)cs2)c1. The van der Waals surface area contributed by atoms with Gasteiger partial charge in [-0.3, -0.25) is 10.1 Å². The number of nitrogens with one attached hydrogen (secondary N) is 2. The van der Waals surface area contributed by atoms with Crippen molar-refractivity contribution in [2.24, 2.45) is 0 Å². The third-order valence-electron chi connectivity index (χ3n) is 3.64. The Hall–Kier alpha value is -1.97. The van der Waals surface area contributed by atoms with E-state index in [0.29, 0.717) is 15.8 Å². The summed E-state index contributed by atoms with van der Waals surface area (Å²) in [5.41, 5.74) is 1.40. The molecular weight excluding hydrogens is 429 g/mol. The van der Waals surface area contributed by atoms with Crippen molar-refractivity contribution in [3.63, 3.8) is 0 Å². The molecule has 0 aliphatic rings. The first-order valence-electron chi connectivity index (χ1n) is 7.56. The largest absolute Gasteiger partial charge is 0.298 e. The molecule has 1 aromatic heterocycles. The number of halogens is 2.